The highest BCUT2D eigenvalue weighted by atomic mass is 16.5. The number of carbonyl (C=O) groups is 1. The average molecular weight is 669 g/mol. The second kappa shape index (κ2) is 26.0. The SMILES string of the molecule is CCCCCCCCCCCCCCCc1ccccc1OC(=O)c1ccc(-c2ccc(C(C)OCCCCCCCCCC)cc2)cc1. The molecule has 1 atom stereocenters. The molecular formula is C46H68O3. The van der Waals surface area contributed by atoms with Crippen molar-refractivity contribution >= 4 is 5.97 Å². The van der Waals surface area contributed by atoms with Crippen LogP contribution in [-0.4, -0.2) is 12.6 Å². The zero-order valence-electron chi connectivity index (χ0n) is 31.5. The number of benzene rings is 3. The number of ether oxygens (including phenoxy) is 2. The summed E-state index contributed by atoms with van der Waals surface area (Å²) in [4.78, 5) is 13.1. The minimum absolute atomic E-state index is 0.0863. The number of hydrogen-bond donors (Lipinski definition) is 0. The van der Waals surface area contributed by atoms with Crippen LogP contribution in [0.3, 0.4) is 0 Å². The highest BCUT2D eigenvalue weighted by Crippen LogP contribution is 2.26. The molecule has 0 saturated heterocycles. The summed E-state index contributed by atoms with van der Waals surface area (Å²) in [5.74, 6) is 0.382. The Hall–Kier alpha value is -2.91. The number of carbonyl (C=O) groups excluding carboxylic acids is 1. The van der Waals surface area contributed by atoms with E-state index in [4.69, 9.17) is 9.47 Å². The molecule has 49 heavy (non-hydrogen) atoms. The molecule has 3 nitrogen and oxygen atoms in total. The summed E-state index contributed by atoms with van der Waals surface area (Å²) in [7, 11) is 0. The molecule has 0 N–H and O–H groups in total. The van der Waals surface area contributed by atoms with Gasteiger partial charge in [0.15, 0.2) is 0 Å². The fraction of sp³-hybridized carbons (Fsp3) is 0.587. The van der Waals surface area contributed by atoms with Crippen LogP contribution in [0.15, 0.2) is 72.8 Å². The van der Waals surface area contributed by atoms with Gasteiger partial charge in [0.05, 0.1) is 11.7 Å². The summed E-state index contributed by atoms with van der Waals surface area (Å²) in [5.41, 5.74) is 5.09. The molecule has 0 amide bonds. The van der Waals surface area contributed by atoms with Gasteiger partial charge in [-0.05, 0) is 66.6 Å². The maximum absolute atomic E-state index is 13.1. The molecular weight excluding hydrogens is 601 g/mol. The third-order valence-electron chi connectivity index (χ3n) is 9.92. The van der Waals surface area contributed by atoms with E-state index in [0.717, 1.165) is 42.6 Å². The smallest absolute Gasteiger partial charge is 0.343 e. The maximum Gasteiger partial charge on any atom is 0.343 e. The van der Waals surface area contributed by atoms with Crippen LogP contribution in [0.25, 0.3) is 11.1 Å². The largest absolute Gasteiger partial charge is 0.423 e. The lowest BCUT2D eigenvalue weighted by molar-refractivity contribution is 0.0627. The van der Waals surface area contributed by atoms with Crippen LogP contribution in [0, 0.1) is 0 Å². The van der Waals surface area contributed by atoms with E-state index < -0.39 is 0 Å². The van der Waals surface area contributed by atoms with Crippen molar-refractivity contribution in [2.24, 2.45) is 0 Å². The van der Waals surface area contributed by atoms with Crippen LogP contribution in [-0.2, 0) is 11.2 Å². The van der Waals surface area contributed by atoms with E-state index >= 15 is 0 Å². The highest BCUT2D eigenvalue weighted by Gasteiger charge is 2.13. The van der Waals surface area contributed by atoms with Crippen molar-refractivity contribution in [3.8, 4) is 16.9 Å². The molecule has 0 aromatic heterocycles. The topological polar surface area (TPSA) is 35.5 Å². The predicted octanol–water partition coefficient (Wildman–Crippen LogP) is 14.4. The van der Waals surface area contributed by atoms with Crippen molar-refractivity contribution in [1.82, 2.24) is 0 Å². The molecule has 0 fully saturated rings. The predicted molar refractivity (Wildman–Crippen MR) is 210 cm³/mol. The zero-order chi connectivity index (χ0) is 34.8. The number of aryl methyl sites for hydroxylation is 1. The third-order valence-corrected chi connectivity index (χ3v) is 9.92. The van der Waals surface area contributed by atoms with Crippen LogP contribution in [0.4, 0.5) is 0 Å². The summed E-state index contributed by atoms with van der Waals surface area (Å²) in [5, 5.41) is 0. The van der Waals surface area contributed by atoms with Gasteiger partial charge in [-0.1, -0.05) is 190 Å². The van der Waals surface area contributed by atoms with Crippen LogP contribution in [0.5, 0.6) is 5.75 Å². The Kier molecular flexibility index (Phi) is 21.5. The Morgan fingerprint density at radius 2 is 0.980 bits per heavy atom. The first kappa shape index (κ1) is 40.5. The average Bonchev–Trinajstić information content (AvgIpc) is 3.13. The quantitative estimate of drug-likeness (QED) is 0.0439. The molecule has 0 aliphatic heterocycles. The van der Waals surface area contributed by atoms with E-state index in [2.05, 4.69) is 51.1 Å². The minimum atomic E-state index is -0.304. The van der Waals surface area contributed by atoms with Crippen molar-refractivity contribution in [2.75, 3.05) is 6.61 Å². The monoisotopic (exact) mass is 669 g/mol. The van der Waals surface area contributed by atoms with Gasteiger partial charge in [-0.2, -0.15) is 0 Å². The molecule has 0 aliphatic carbocycles. The fourth-order valence-corrected chi connectivity index (χ4v) is 6.64. The zero-order valence-corrected chi connectivity index (χ0v) is 31.5. The first-order chi connectivity index (χ1) is 24.1. The normalized spacial score (nSPS) is 11.9. The summed E-state index contributed by atoms with van der Waals surface area (Å²) in [6.45, 7) is 7.51. The molecule has 0 aliphatic rings. The van der Waals surface area contributed by atoms with Gasteiger partial charge in [0.2, 0.25) is 0 Å². The van der Waals surface area contributed by atoms with E-state index in [1.165, 1.54) is 128 Å². The molecule has 270 valence electrons. The molecule has 0 saturated carbocycles. The van der Waals surface area contributed by atoms with Gasteiger partial charge in [-0.3, -0.25) is 0 Å². The fourth-order valence-electron chi connectivity index (χ4n) is 6.64. The second-order valence-corrected chi connectivity index (χ2v) is 14.2. The molecule has 0 radical (unpaired) electrons. The van der Waals surface area contributed by atoms with Crippen molar-refractivity contribution in [1.29, 1.82) is 0 Å². The first-order valence-corrected chi connectivity index (χ1v) is 20.2. The number of unbranched alkanes of at least 4 members (excludes halogenated alkanes) is 19. The molecule has 1 unspecified atom stereocenters. The number of rotatable bonds is 28. The lowest BCUT2D eigenvalue weighted by Gasteiger charge is -2.14. The summed E-state index contributed by atoms with van der Waals surface area (Å²) >= 11 is 0. The molecule has 0 spiro atoms. The molecule has 3 aromatic carbocycles. The first-order valence-electron chi connectivity index (χ1n) is 20.2. The van der Waals surface area contributed by atoms with E-state index in [-0.39, 0.29) is 12.1 Å². The molecule has 0 bridgehead atoms. The van der Waals surface area contributed by atoms with Crippen molar-refractivity contribution in [3.05, 3.63) is 89.5 Å². The molecule has 3 heteroatoms. The number of esters is 1. The minimum Gasteiger partial charge on any atom is -0.423 e. The van der Waals surface area contributed by atoms with E-state index in [1.807, 2.05) is 42.5 Å². The van der Waals surface area contributed by atoms with Gasteiger partial charge >= 0.3 is 5.97 Å². The Balaban J connectivity index is 1.34. The van der Waals surface area contributed by atoms with Crippen molar-refractivity contribution in [3.63, 3.8) is 0 Å². The Labute approximate surface area is 300 Å². The van der Waals surface area contributed by atoms with E-state index in [0.29, 0.717) is 11.3 Å². The third kappa shape index (κ3) is 17.0. The Morgan fingerprint density at radius 1 is 0.531 bits per heavy atom. The van der Waals surface area contributed by atoms with Crippen LogP contribution < -0.4 is 4.74 Å². The van der Waals surface area contributed by atoms with Gasteiger partial charge in [-0.25, -0.2) is 4.79 Å². The molecule has 3 aromatic rings. The second-order valence-electron chi connectivity index (χ2n) is 14.2. The number of hydrogen-bond acceptors (Lipinski definition) is 3. The molecule has 3 rings (SSSR count). The van der Waals surface area contributed by atoms with Crippen molar-refractivity contribution < 1.29 is 14.3 Å². The highest BCUT2D eigenvalue weighted by molar-refractivity contribution is 5.91. The summed E-state index contributed by atoms with van der Waals surface area (Å²) in [6, 6.07) is 24.4. The summed E-state index contributed by atoms with van der Waals surface area (Å²) < 4.78 is 12.0. The van der Waals surface area contributed by atoms with Gasteiger partial charge in [0, 0.05) is 6.61 Å². The maximum atomic E-state index is 13.1. The standard InChI is InChI=1S/C46H68O3/c1-4-6-8-10-12-14-15-16-17-18-19-21-23-27-43-28-24-25-29-45(43)49-46(47)44-36-34-42(35-37-44)41-32-30-40(31-33-41)39(3)48-38-26-22-20-13-11-9-7-5-2/h24-25,28-37,39H,4-23,26-27,38H2,1-3H3. The van der Waals surface area contributed by atoms with Crippen LogP contribution >= 0.6 is 0 Å². The van der Waals surface area contributed by atoms with E-state index in [9.17, 15) is 4.79 Å². The van der Waals surface area contributed by atoms with Gasteiger partial charge in [0.1, 0.15) is 5.75 Å². The number of para-hydroxylation sites is 1. The van der Waals surface area contributed by atoms with Gasteiger partial charge in [0.25, 0.3) is 0 Å². The lowest BCUT2D eigenvalue weighted by Crippen LogP contribution is -2.09. The van der Waals surface area contributed by atoms with E-state index in [1.54, 1.807) is 0 Å². The van der Waals surface area contributed by atoms with Crippen LogP contribution in [0.2, 0.25) is 0 Å². The van der Waals surface area contributed by atoms with Crippen LogP contribution in [0.1, 0.15) is 183 Å². The lowest BCUT2D eigenvalue weighted by atomic mass is 10.0. The van der Waals surface area contributed by atoms with Gasteiger partial charge in [-0.15, -0.1) is 0 Å². The van der Waals surface area contributed by atoms with Gasteiger partial charge < -0.3 is 9.47 Å². The molecule has 0 heterocycles. The van der Waals surface area contributed by atoms with Crippen molar-refractivity contribution in [2.45, 2.75) is 168 Å². The Morgan fingerprint density at radius 3 is 1.51 bits per heavy atom. The Bertz CT molecular complexity index is 1250. The summed E-state index contributed by atoms with van der Waals surface area (Å²) in [6.07, 6.45) is 29.0.